The molecular weight excluding hydrogens is 387 g/mol. The summed E-state index contributed by atoms with van der Waals surface area (Å²) in [6.07, 6.45) is 5.72. The molecule has 0 saturated heterocycles. The van der Waals surface area contributed by atoms with Crippen molar-refractivity contribution in [2.75, 3.05) is 0 Å². The van der Waals surface area contributed by atoms with Crippen molar-refractivity contribution in [2.24, 2.45) is 0 Å². The third kappa shape index (κ3) is 2.81. The van der Waals surface area contributed by atoms with E-state index in [4.69, 9.17) is 6.42 Å². The Morgan fingerprint density at radius 1 is 0.652 bits per heavy atom. The molecule has 1 nitrogen and oxygen atoms in total. The van der Waals surface area contributed by atoms with Gasteiger partial charge in [-0.15, -0.1) is 0 Å². The summed E-state index contributed by atoms with van der Waals surface area (Å²) in [4.78, 5) is 0. The second-order valence-corrected chi connectivity index (χ2v) is 16.6. The van der Waals surface area contributed by atoms with E-state index in [1.165, 1.54) is 10.7 Å². The van der Waals surface area contributed by atoms with E-state index in [1.807, 2.05) is 54.6 Å². The Balaban J connectivity index is 2.38. The molecule has 0 aromatic heterocycles. The van der Waals surface area contributed by atoms with E-state index in [0.29, 0.717) is 0 Å². The van der Waals surface area contributed by atoms with Crippen LogP contribution in [0.4, 0.5) is 0 Å². The Bertz CT molecular complexity index is 695. The van der Waals surface area contributed by atoms with Crippen LogP contribution < -0.4 is 10.7 Å². The molecular formula is C21H18OSn. The number of benzene rings is 3. The van der Waals surface area contributed by atoms with Crippen LogP contribution in [0.15, 0.2) is 91.0 Å². The van der Waals surface area contributed by atoms with Crippen molar-refractivity contribution in [1.82, 2.24) is 0 Å². The zero-order valence-corrected chi connectivity index (χ0v) is 15.6. The van der Waals surface area contributed by atoms with Gasteiger partial charge in [0, 0.05) is 0 Å². The second kappa shape index (κ2) is 7.04. The molecule has 0 heterocycles. The maximum absolute atomic E-state index is 11.0. The summed E-state index contributed by atoms with van der Waals surface area (Å²) in [7, 11) is 0. The fourth-order valence-corrected chi connectivity index (χ4v) is 15.6. The van der Waals surface area contributed by atoms with Crippen molar-refractivity contribution >= 4 is 29.1 Å². The molecule has 1 unspecified atom stereocenters. The van der Waals surface area contributed by atoms with Crippen LogP contribution in [0.5, 0.6) is 0 Å². The molecule has 112 valence electrons. The van der Waals surface area contributed by atoms with Gasteiger partial charge in [0.05, 0.1) is 0 Å². The van der Waals surface area contributed by atoms with E-state index in [1.54, 1.807) is 0 Å². The summed E-state index contributed by atoms with van der Waals surface area (Å²) in [5.41, 5.74) is 0. The number of hydrogen-bond acceptors (Lipinski definition) is 1. The molecule has 2 heteroatoms. The molecule has 0 amide bonds. The molecule has 3 aromatic rings. The van der Waals surface area contributed by atoms with E-state index in [2.05, 4.69) is 42.3 Å². The van der Waals surface area contributed by atoms with Crippen LogP contribution in [0.2, 0.25) is 0 Å². The fraction of sp³-hybridized carbons (Fsp3) is 0.0476. The number of rotatable bonds is 4. The molecule has 0 aliphatic rings. The quantitative estimate of drug-likeness (QED) is 0.518. The number of terminal acetylenes is 1. The monoisotopic (exact) mass is 406 g/mol. The van der Waals surface area contributed by atoms with Crippen LogP contribution in [0.3, 0.4) is 0 Å². The molecule has 0 spiro atoms. The van der Waals surface area contributed by atoms with Gasteiger partial charge < -0.3 is 0 Å². The molecule has 1 atom stereocenters. The number of hydrogen-bond donors (Lipinski definition) is 1. The zero-order valence-electron chi connectivity index (χ0n) is 12.8. The van der Waals surface area contributed by atoms with Gasteiger partial charge in [-0.3, -0.25) is 0 Å². The summed E-state index contributed by atoms with van der Waals surface area (Å²) < 4.78 is 2.79. The van der Waals surface area contributed by atoms with Crippen LogP contribution in [0, 0.1) is 12.3 Å². The Morgan fingerprint density at radius 2 is 0.957 bits per heavy atom. The third-order valence-corrected chi connectivity index (χ3v) is 17.7. The molecule has 3 rings (SSSR count). The van der Waals surface area contributed by atoms with Gasteiger partial charge in [0.15, 0.2) is 0 Å². The van der Waals surface area contributed by atoms with E-state index >= 15 is 0 Å². The van der Waals surface area contributed by atoms with Crippen molar-refractivity contribution in [1.29, 1.82) is 0 Å². The summed E-state index contributed by atoms with van der Waals surface area (Å²) in [5.74, 6) is 2.65. The molecule has 0 aliphatic carbocycles. The van der Waals surface area contributed by atoms with Crippen LogP contribution in [-0.4, -0.2) is 27.6 Å². The first-order chi connectivity index (χ1) is 11.3. The van der Waals surface area contributed by atoms with Crippen LogP contribution >= 0.6 is 0 Å². The Labute approximate surface area is 141 Å². The van der Waals surface area contributed by atoms with E-state index in [9.17, 15) is 5.11 Å². The topological polar surface area (TPSA) is 20.2 Å². The minimum absolute atomic E-state index is 0.767. The molecule has 3 aromatic carbocycles. The standard InChI is InChI=1S/3C6H5.C3H3O.Sn/c3*1-2-4-6-5-3-1;1-2-3-4;/h3*1-5H;1,3-4H;. The molecule has 0 bridgehead atoms. The van der Waals surface area contributed by atoms with Crippen LogP contribution in [-0.2, 0) is 0 Å². The van der Waals surface area contributed by atoms with Crippen molar-refractivity contribution in [2.45, 2.75) is 4.12 Å². The van der Waals surface area contributed by atoms with E-state index in [0.717, 1.165) is 0 Å². The maximum atomic E-state index is 11.0. The Morgan fingerprint density at radius 3 is 1.22 bits per heavy atom. The molecule has 23 heavy (non-hydrogen) atoms. The first-order valence-corrected chi connectivity index (χ1v) is 13.5. The summed E-state index contributed by atoms with van der Waals surface area (Å²) in [6, 6.07) is 30.8. The van der Waals surface area contributed by atoms with Gasteiger partial charge in [0.2, 0.25) is 0 Å². The number of aliphatic hydroxyl groups excluding tert-OH is 1. The first-order valence-electron chi connectivity index (χ1n) is 7.61. The molecule has 0 fully saturated rings. The Hall–Kier alpha value is -2.02. The summed E-state index contributed by atoms with van der Waals surface area (Å²) in [5, 5.41) is 11.0. The van der Waals surface area contributed by atoms with Gasteiger partial charge in [-0.05, 0) is 0 Å². The van der Waals surface area contributed by atoms with E-state index in [-0.39, 0.29) is 0 Å². The molecule has 1 N–H and O–H groups in total. The number of aliphatic hydroxyl groups is 1. The Kier molecular flexibility index (Phi) is 4.85. The summed E-state index contributed by atoms with van der Waals surface area (Å²) in [6.45, 7) is 0. The predicted octanol–water partition coefficient (Wildman–Crippen LogP) is 1.69. The van der Waals surface area contributed by atoms with Gasteiger partial charge in [-0.2, -0.15) is 0 Å². The molecule has 0 radical (unpaired) electrons. The van der Waals surface area contributed by atoms with Gasteiger partial charge in [0.25, 0.3) is 0 Å². The van der Waals surface area contributed by atoms with Gasteiger partial charge in [0.1, 0.15) is 0 Å². The second-order valence-electron chi connectivity index (χ2n) is 5.48. The summed E-state index contributed by atoms with van der Waals surface area (Å²) >= 11 is -3.69. The SMILES string of the molecule is C#C[CH](O)[Sn]([c]1ccccc1)([c]1ccccc1)[c]1ccccc1. The van der Waals surface area contributed by atoms with Gasteiger partial charge >= 0.3 is 142 Å². The zero-order chi connectivity index (χ0) is 16.1. The van der Waals surface area contributed by atoms with Gasteiger partial charge in [-0.25, -0.2) is 0 Å². The van der Waals surface area contributed by atoms with Crippen molar-refractivity contribution in [3.63, 3.8) is 0 Å². The predicted molar refractivity (Wildman–Crippen MR) is 98.8 cm³/mol. The van der Waals surface area contributed by atoms with Crippen LogP contribution in [0.1, 0.15) is 0 Å². The molecule has 0 aliphatic heterocycles. The van der Waals surface area contributed by atoms with Crippen LogP contribution in [0.25, 0.3) is 0 Å². The first kappa shape index (κ1) is 15.9. The van der Waals surface area contributed by atoms with Crippen molar-refractivity contribution in [3.8, 4) is 12.3 Å². The normalized spacial score (nSPS) is 12.3. The third-order valence-electron chi connectivity index (χ3n) is 4.26. The fourth-order valence-electron chi connectivity index (χ4n) is 3.20. The van der Waals surface area contributed by atoms with Crippen molar-refractivity contribution in [3.05, 3.63) is 91.0 Å². The molecule has 0 saturated carbocycles. The van der Waals surface area contributed by atoms with Gasteiger partial charge in [-0.1, -0.05) is 0 Å². The van der Waals surface area contributed by atoms with Crippen molar-refractivity contribution < 1.29 is 5.11 Å². The minimum atomic E-state index is -3.69. The average Bonchev–Trinajstić information content (AvgIpc) is 2.65. The average molecular weight is 405 g/mol. The van der Waals surface area contributed by atoms with E-state index < -0.39 is 22.5 Å².